The van der Waals surface area contributed by atoms with E-state index < -0.39 is 0 Å². The zero-order valence-electron chi connectivity index (χ0n) is 5.50. The molecule has 0 spiro atoms. The number of hydrogen-bond donors (Lipinski definition) is 0. The normalized spacial score (nSPS) is 7.64. The van der Waals surface area contributed by atoms with Gasteiger partial charge in [-0.05, 0) is 34.0 Å². The monoisotopic (exact) mass is 206 g/mol. The lowest BCUT2D eigenvalue weighted by Crippen LogP contribution is -1.78. The van der Waals surface area contributed by atoms with E-state index in [-0.39, 0.29) is 0 Å². The summed E-state index contributed by atoms with van der Waals surface area (Å²) in [6.45, 7) is 0. The second kappa shape index (κ2) is 3.75. The molecule has 0 aliphatic carbocycles. The summed E-state index contributed by atoms with van der Waals surface area (Å²) in [5, 5.41) is 8.12. The van der Waals surface area contributed by atoms with Crippen LogP contribution in [0.5, 0.6) is 0 Å². The molecular weight excluding hydrogens is 204 g/mol. The topological polar surface area (TPSA) is 36.7 Å². The van der Waals surface area contributed by atoms with Crippen LogP contribution in [0.25, 0.3) is 0 Å². The van der Waals surface area contributed by atoms with Gasteiger partial charge in [0.25, 0.3) is 0 Å². The van der Waals surface area contributed by atoms with Gasteiger partial charge in [0.05, 0.1) is 0 Å². The second-order valence-electron chi connectivity index (χ2n) is 1.72. The Bertz CT molecular complexity index is 337. The first-order valence-electron chi connectivity index (χ1n) is 2.84. The summed E-state index contributed by atoms with van der Waals surface area (Å²) >= 11 is 3.24. The van der Waals surface area contributed by atoms with Crippen LogP contribution in [0.3, 0.4) is 0 Å². The summed E-state index contributed by atoms with van der Waals surface area (Å²) in [7, 11) is 0. The fourth-order valence-electron chi connectivity index (χ4n) is 0.542. The van der Waals surface area contributed by atoms with Gasteiger partial charge < -0.3 is 0 Å². The van der Waals surface area contributed by atoms with Gasteiger partial charge in [-0.3, -0.25) is 0 Å². The fraction of sp³-hybridized carbons (Fsp3) is 0. The van der Waals surface area contributed by atoms with Crippen molar-refractivity contribution in [3.63, 3.8) is 0 Å². The van der Waals surface area contributed by atoms with Crippen molar-refractivity contribution in [1.29, 1.82) is 5.26 Å². The molecule has 0 atom stereocenters. The Morgan fingerprint density at radius 3 is 2.82 bits per heavy atom. The smallest absolute Gasteiger partial charge is 0.152 e. The molecule has 0 N–H and O–H groups in total. The van der Waals surface area contributed by atoms with Crippen molar-refractivity contribution in [1.82, 2.24) is 4.98 Å². The van der Waals surface area contributed by atoms with E-state index in [0.717, 1.165) is 4.47 Å². The van der Waals surface area contributed by atoms with E-state index in [1.54, 1.807) is 18.3 Å². The van der Waals surface area contributed by atoms with Crippen molar-refractivity contribution in [3.05, 3.63) is 28.5 Å². The van der Waals surface area contributed by atoms with Gasteiger partial charge in [0.2, 0.25) is 0 Å². The maximum atomic E-state index is 8.12. The van der Waals surface area contributed by atoms with Crippen molar-refractivity contribution < 1.29 is 0 Å². The standard InChI is InChI=1S/C8H3BrN2/c9-7-3-4-8(11-6-7)2-1-5-10/h3-4,6H. The highest BCUT2D eigenvalue weighted by Crippen LogP contribution is 2.06. The van der Waals surface area contributed by atoms with E-state index in [9.17, 15) is 0 Å². The molecule has 0 bridgehead atoms. The summed E-state index contributed by atoms with van der Waals surface area (Å²) in [4.78, 5) is 3.94. The highest BCUT2D eigenvalue weighted by molar-refractivity contribution is 9.10. The first-order chi connectivity index (χ1) is 5.33. The number of hydrogen-bond acceptors (Lipinski definition) is 2. The van der Waals surface area contributed by atoms with E-state index in [2.05, 4.69) is 32.8 Å². The summed E-state index contributed by atoms with van der Waals surface area (Å²) in [5.74, 6) is 4.84. The number of nitrogens with zero attached hydrogens (tertiary/aromatic N) is 2. The minimum Gasteiger partial charge on any atom is -0.247 e. The van der Waals surface area contributed by atoms with Gasteiger partial charge in [0, 0.05) is 16.6 Å². The van der Waals surface area contributed by atoms with Crippen molar-refractivity contribution >= 4 is 15.9 Å². The molecule has 11 heavy (non-hydrogen) atoms. The van der Waals surface area contributed by atoms with E-state index in [1.807, 2.05) is 6.07 Å². The van der Waals surface area contributed by atoms with Gasteiger partial charge in [-0.2, -0.15) is 5.26 Å². The molecule has 1 aromatic heterocycles. The average molecular weight is 207 g/mol. The summed E-state index contributed by atoms with van der Waals surface area (Å²) in [6, 6.07) is 5.29. The van der Waals surface area contributed by atoms with Gasteiger partial charge in [-0.25, -0.2) is 4.98 Å². The molecule has 0 aliphatic heterocycles. The molecule has 0 aliphatic rings. The van der Waals surface area contributed by atoms with Crippen LogP contribution in [0.2, 0.25) is 0 Å². The molecule has 0 radical (unpaired) electrons. The maximum Gasteiger partial charge on any atom is 0.152 e. The van der Waals surface area contributed by atoms with Crippen LogP contribution in [-0.4, -0.2) is 4.98 Å². The predicted molar refractivity (Wildman–Crippen MR) is 44.4 cm³/mol. The van der Waals surface area contributed by atoms with Crippen LogP contribution >= 0.6 is 15.9 Å². The minimum atomic E-state index is 0.606. The molecule has 1 heterocycles. The molecule has 0 amide bonds. The van der Waals surface area contributed by atoms with Crippen LogP contribution in [-0.2, 0) is 0 Å². The van der Waals surface area contributed by atoms with Gasteiger partial charge in [-0.15, -0.1) is 0 Å². The summed E-state index contributed by atoms with van der Waals surface area (Å²) in [6.07, 6.45) is 1.64. The lowest BCUT2D eigenvalue weighted by Gasteiger charge is -1.87. The van der Waals surface area contributed by atoms with Crippen molar-refractivity contribution in [3.8, 4) is 17.9 Å². The predicted octanol–water partition coefficient (Wildman–Crippen LogP) is 1.72. The van der Waals surface area contributed by atoms with E-state index in [0.29, 0.717) is 5.69 Å². The lowest BCUT2D eigenvalue weighted by molar-refractivity contribution is 1.27. The Hall–Kier alpha value is -1.32. The van der Waals surface area contributed by atoms with E-state index >= 15 is 0 Å². The van der Waals surface area contributed by atoms with E-state index in [4.69, 9.17) is 5.26 Å². The average Bonchev–Trinajstić information content (AvgIpc) is 2.04. The van der Waals surface area contributed by atoms with E-state index in [1.165, 1.54) is 0 Å². The number of nitriles is 1. The van der Waals surface area contributed by atoms with Gasteiger partial charge in [0.1, 0.15) is 5.69 Å². The Morgan fingerprint density at radius 2 is 2.27 bits per heavy atom. The largest absolute Gasteiger partial charge is 0.247 e. The minimum absolute atomic E-state index is 0.606. The van der Waals surface area contributed by atoms with Crippen LogP contribution < -0.4 is 0 Å². The fourth-order valence-corrected chi connectivity index (χ4v) is 0.776. The van der Waals surface area contributed by atoms with Gasteiger partial charge in [0.15, 0.2) is 6.07 Å². The number of aromatic nitrogens is 1. The van der Waals surface area contributed by atoms with Crippen molar-refractivity contribution in [2.24, 2.45) is 0 Å². The molecule has 0 unspecified atom stereocenters. The SMILES string of the molecule is N#CC#Cc1ccc(Br)cn1. The Kier molecular flexibility index (Phi) is 2.66. The van der Waals surface area contributed by atoms with Crippen molar-refractivity contribution in [2.45, 2.75) is 0 Å². The Balaban J connectivity index is 2.93. The quantitative estimate of drug-likeness (QED) is 0.607. The zero-order valence-corrected chi connectivity index (χ0v) is 7.09. The molecule has 1 aromatic rings. The van der Waals surface area contributed by atoms with Gasteiger partial charge in [-0.1, -0.05) is 0 Å². The van der Waals surface area contributed by atoms with Crippen LogP contribution in [0.15, 0.2) is 22.8 Å². The third kappa shape index (κ3) is 2.41. The molecule has 0 saturated heterocycles. The first kappa shape index (κ1) is 7.78. The van der Waals surface area contributed by atoms with Crippen molar-refractivity contribution in [2.75, 3.05) is 0 Å². The molecule has 52 valence electrons. The second-order valence-corrected chi connectivity index (χ2v) is 2.64. The number of halogens is 1. The Morgan fingerprint density at radius 1 is 1.45 bits per heavy atom. The zero-order chi connectivity index (χ0) is 8.10. The molecular formula is C8H3BrN2. The van der Waals surface area contributed by atoms with Crippen LogP contribution in [0, 0.1) is 23.2 Å². The molecule has 1 rings (SSSR count). The highest BCUT2D eigenvalue weighted by Gasteiger charge is 1.86. The number of pyridine rings is 1. The lowest BCUT2D eigenvalue weighted by atomic mass is 10.3. The third-order valence-electron chi connectivity index (χ3n) is 0.974. The van der Waals surface area contributed by atoms with Crippen LogP contribution in [0.1, 0.15) is 5.69 Å². The molecule has 2 nitrogen and oxygen atoms in total. The summed E-state index contributed by atoms with van der Waals surface area (Å²) in [5.41, 5.74) is 0.606. The molecule has 0 aromatic carbocycles. The maximum absolute atomic E-state index is 8.12. The molecule has 0 saturated carbocycles. The highest BCUT2D eigenvalue weighted by atomic mass is 79.9. The molecule has 3 heteroatoms. The van der Waals surface area contributed by atoms with Crippen LogP contribution in [0.4, 0.5) is 0 Å². The first-order valence-corrected chi connectivity index (χ1v) is 3.64. The number of rotatable bonds is 0. The van der Waals surface area contributed by atoms with Gasteiger partial charge >= 0.3 is 0 Å². The molecule has 0 fully saturated rings. The Labute approximate surface area is 73.0 Å². The third-order valence-corrected chi connectivity index (χ3v) is 1.44. The summed E-state index contributed by atoms with van der Waals surface area (Å²) < 4.78 is 0.903.